The summed E-state index contributed by atoms with van der Waals surface area (Å²) in [5.74, 6) is -2.07. The zero-order valence-corrected chi connectivity index (χ0v) is 20.7. The van der Waals surface area contributed by atoms with Crippen molar-refractivity contribution in [2.75, 3.05) is 25.5 Å². The molecule has 10 heteroatoms. The van der Waals surface area contributed by atoms with Crippen LogP contribution in [0.3, 0.4) is 0 Å². The lowest BCUT2D eigenvalue weighted by molar-refractivity contribution is -0.154. The van der Waals surface area contributed by atoms with Gasteiger partial charge in [-0.15, -0.1) is 0 Å². The maximum absolute atomic E-state index is 12.6. The van der Waals surface area contributed by atoms with Crippen LogP contribution in [-0.4, -0.2) is 55.0 Å². The van der Waals surface area contributed by atoms with Gasteiger partial charge in [-0.25, -0.2) is 9.59 Å². The van der Waals surface area contributed by atoms with Crippen LogP contribution in [0.4, 0.5) is 10.5 Å². The van der Waals surface area contributed by atoms with E-state index in [2.05, 4.69) is 10.6 Å². The molecular formula is C25H30ClN3O6. The molecule has 0 unspecified atom stereocenters. The zero-order chi connectivity index (χ0) is 25.8. The second-order valence-corrected chi connectivity index (χ2v) is 8.36. The zero-order valence-electron chi connectivity index (χ0n) is 20.0. The predicted molar refractivity (Wildman–Crippen MR) is 132 cm³/mol. The van der Waals surface area contributed by atoms with Crippen molar-refractivity contribution in [1.29, 1.82) is 0 Å². The highest BCUT2D eigenvalue weighted by atomic mass is 35.5. The van der Waals surface area contributed by atoms with Crippen LogP contribution in [-0.2, 0) is 30.5 Å². The first-order valence-electron chi connectivity index (χ1n) is 11.1. The molecule has 2 aromatic rings. The van der Waals surface area contributed by atoms with E-state index >= 15 is 0 Å². The van der Waals surface area contributed by atoms with Gasteiger partial charge in [-0.05, 0) is 23.6 Å². The number of nitrogens with one attached hydrogen (secondary N) is 2. The third-order valence-corrected chi connectivity index (χ3v) is 5.57. The molecule has 2 N–H and O–H groups in total. The summed E-state index contributed by atoms with van der Waals surface area (Å²) in [7, 11) is 1.41. The quantitative estimate of drug-likeness (QED) is 0.453. The molecule has 0 aliphatic carbocycles. The Kier molecular flexibility index (Phi) is 11.0. The first-order chi connectivity index (χ1) is 16.7. The van der Waals surface area contributed by atoms with Crippen LogP contribution in [0, 0.1) is 5.92 Å². The molecule has 188 valence electrons. The highest BCUT2D eigenvalue weighted by Crippen LogP contribution is 2.20. The summed E-state index contributed by atoms with van der Waals surface area (Å²) in [6.07, 6.45) is -0.190. The molecule has 2 atom stereocenters. The largest absolute Gasteiger partial charge is 0.454 e. The number of likely N-dealkylation sites (N-methyl/N-ethyl adjacent to an activating group) is 1. The first-order valence-corrected chi connectivity index (χ1v) is 11.5. The van der Waals surface area contributed by atoms with E-state index < -0.39 is 36.5 Å². The van der Waals surface area contributed by atoms with Crippen molar-refractivity contribution in [3.8, 4) is 0 Å². The van der Waals surface area contributed by atoms with Gasteiger partial charge >= 0.3 is 12.1 Å². The lowest BCUT2D eigenvalue weighted by Gasteiger charge is -2.23. The number of benzene rings is 2. The van der Waals surface area contributed by atoms with Gasteiger partial charge in [-0.1, -0.05) is 74.3 Å². The lowest BCUT2D eigenvalue weighted by Crippen LogP contribution is -2.47. The molecule has 3 amide bonds. The standard InChI is InChI=1S/C25H30ClN3O6/c1-4-17(2)23(28-25(33)35-15-18-10-6-5-7-11-18)24(32)34-16-22(31)29(3)14-21(30)27-20-13-9-8-12-19(20)26/h5-13,17,23H,4,14-16H2,1-3H3,(H,27,30)(H,28,33)/t17-,23+/m0/s1. The Bertz CT molecular complexity index is 1020. The van der Waals surface area contributed by atoms with Gasteiger partial charge in [0.2, 0.25) is 5.91 Å². The van der Waals surface area contributed by atoms with Crippen LogP contribution in [0.2, 0.25) is 5.02 Å². The van der Waals surface area contributed by atoms with Crippen LogP contribution in [0.15, 0.2) is 54.6 Å². The van der Waals surface area contributed by atoms with E-state index in [9.17, 15) is 19.2 Å². The normalized spacial score (nSPS) is 12.1. The minimum atomic E-state index is -0.995. The third-order valence-electron chi connectivity index (χ3n) is 5.25. The van der Waals surface area contributed by atoms with Crippen molar-refractivity contribution in [3.63, 3.8) is 0 Å². The van der Waals surface area contributed by atoms with Crippen LogP contribution >= 0.6 is 11.6 Å². The summed E-state index contributed by atoms with van der Waals surface area (Å²) in [5.41, 5.74) is 1.23. The highest BCUT2D eigenvalue weighted by molar-refractivity contribution is 6.33. The molecule has 0 bridgehead atoms. The van der Waals surface area contributed by atoms with Gasteiger partial charge in [-0.3, -0.25) is 9.59 Å². The van der Waals surface area contributed by atoms with Gasteiger partial charge in [-0.2, -0.15) is 0 Å². The Morgan fingerprint density at radius 3 is 2.31 bits per heavy atom. The second-order valence-electron chi connectivity index (χ2n) is 7.95. The van der Waals surface area contributed by atoms with Crippen molar-refractivity contribution >= 4 is 41.2 Å². The van der Waals surface area contributed by atoms with Crippen LogP contribution in [0.5, 0.6) is 0 Å². The average molecular weight is 504 g/mol. The van der Waals surface area contributed by atoms with Crippen LogP contribution in [0.1, 0.15) is 25.8 Å². The molecule has 2 aromatic carbocycles. The number of ether oxygens (including phenoxy) is 2. The van der Waals surface area contributed by atoms with E-state index in [4.69, 9.17) is 21.1 Å². The number of alkyl carbamates (subject to hydrolysis) is 1. The second kappa shape index (κ2) is 14.0. The summed E-state index contributed by atoms with van der Waals surface area (Å²) in [4.78, 5) is 50.6. The first kappa shape index (κ1) is 27.7. The Morgan fingerprint density at radius 1 is 1.00 bits per heavy atom. The Balaban J connectivity index is 1.84. The minimum Gasteiger partial charge on any atom is -0.454 e. The van der Waals surface area contributed by atoms with Gasteiger partial charge < -0.3 is 25.0 Å². The van der Waals surface area contributed by atoms with Crippen molar-refractivity contribution in [2.45, 2.75) is 32.9 Å². The maximum Gasteiger partial charge on any atom is 0.408 e. The summed E-state index contributed by atoms with van der Waals surface area (Å²) in [6, 6.07) is 14.8. The number of esters is 1. The number of para-hydroxylation sites is 1. The number of rotatable bonds is 11. The fourth-order valence-electron chi connectivity index (χ4n) is 2.95. The van der Waals surface area contributed by atoms with E-state index in [0.717, 1.165) is 10.5 Å². The molecule has 0 aliphatic rings. The van der Waals surface area contributed by atoms with Gasteiger partial charge in [0.25, 0.3) is 5.91 Å². The number of hydrogen-bond acceptors (Lipinski definition) is 6. The number of carbonyl (C=O) groups is 4. The molecule has 0 aliphatic heterocycles. The monoisotopic (exact) mass is 503 g/mol. The van der Waals surface area contributed by atoms with Crippen molar-refractivity contribution in [1.82, 2.24) is 10.2 Å². The van der Waals surface area contributed by atoms with Crippen LogP contribution in [0.25, 0.3) is 0 Å². The number of halogens is 1. The minimum absolute atomic E-state index is 0.0501. The van der Waals surface area contributed by atoms with E-state index in [1.807, 2.05) is 37.3 Å². The predicted octanol–water partition coefficient (Wildman–Crippen LogP) is 3.62. The number of nitrogens with zero attached hydrogens (tertiary/aromatic N) is 1. The molecule has 0 spiro atoms. The number of amides is 3. The molecule has 35 heavy (non-hydrogen) atoms. The van der Waals surface area contributed by atoms with Crippen LogP contribution < -0.4 is 10.6 Å². The fourth-order valence-corrected chi connectivity index (χ4v) is 3.13. The Hall–Kier alpha value is -3.59. The lowest BCUT2D eigenvalue weighted by atomic mass is 9.99. The molecule has 0 radical (unpaired) electrons. The van der Waals surface area contributed by atoms with E-state index in [1.54, 1.807) is 31.2 Å². The third kappa shape index (κ3) is 9.29. The van der Waals surface area contributed by atoms with Crippen molar-refractivity contribution in [2.24, 2.45) is 5.92 Å². The van der Waals surface area contributed by atoms with E-state index in [1.165, 1.54) is 7.05 Å². The molecule has 0 aromatic heterocycles. The number of carbonyl (C=O) groups excluding carboxylic acids is 4. The van der Waals surface area contributed by atoms with Crippen molar-refractivity contribution < 1.29 is 28.7 Å². The molecule has 0 saturated carbocycles. The summed E-state index contributed by atoms with van der Waals surface area (Å²) < 4.78 is 10.3. The molecule has 0 saturated heterocycles. The maximum atomic E-state index is 12.6. The van der Waals surface area contributed by atoms with Gasteiger partial charge in [0.1, 0.15) is 12.6 Å². The van der Waals surface area contributed by atoms with E-state index in [-0.39, 0.29) is 19.1 Å². The summed E-state index contributed by atoms with van der Waals surface area (Å²) in [6.45, 7) is 2.84. The van der Waals surface area contributed by atoms with Gasteiger partial charge in [0.05, 0.1) is 17.3 Å². The SMILES string of the molecule is CC[C@H](C)[C@@H](NC(=O)OCc1ccccc1)C(=O)OCC(=O)N(C)CC(=O)Nc1ccccc1Cl. The molecule has 0 heterocycles. The number of anilines is 1. The molecular weight excluding hydrogens is 474 g/mol. The van der Waals surface area contributed by atoms with E-state index in [0.29, 0.717) is 17.1 Å². The molecule has 9 nitrogen and oxygen atoms in total. The highest BCUT2D eigenvalue weighted by Gasteiger charge is 2.29. The van der Waals surface area contributed by atoms with Gasteiger partial charge in [0.15, 0.2) is 6.61 Å². The average Bonchev–Trinajstić information content (AvgIpc) is 2.85. The number of hydrogen-bond donors (Lipinski definition) is 2. The fraction of sp³-hybridized carbons (Fsp3) is 0.360. The van der Waals surface area contributed by atoms with Crippen molar-refractivity contribution in [3.05, 3.63) is 65.2 Å². The summed E-state index contributed by atoms with van der Waals surface area (Å²) in [5, 5.41) is 5.50. The Morgan fingerprint density at radius 2 is 1.66 bits per heavy atom. The summed E-state index contributed by atoms with van der Waals surface area (Å²) >= 11 is 6.01. The molecule has 0 fully saturated rings. The molecule has 2 rings (SSSR count). The Labute approximate surface area is 209 Å². The topological polar surface area (TPSA) is 114 Å². The van der Waals surface area contributed by atoms with Gasteiger partial charge in [0, 0.05) is 7.05 Å². The smallest absolute Gasteiger partial charge is 0.408 e.